The van der Waals surface area contributed by atoms with Gasteiger partial charge in [0, 0.05) is 6.54 Å². The van der Waals surface area contributed by atoms with Gasteiger partial charge in [-0.1, -0.05) is 19.1 Å². The van der Waals surface area contributed by atoms with Crippen molar-refractivity contribution in [1.29, 1.82) is 0 Å². The summed E-state index contributed by atoms with van der Waals surface area (Å²) in [5, 5.41) is 11.7. The zero-order chi connectivity index (χ0) is 10.7. The molecule has 0 bridgehead atoms. The van der Waals surface area contributed by atoms with Gasteiger partial charge in [-0.05, 0) is 31.7 Å². The maximum Gasteiger partial charge on any atom is 0.0759 e. The Balaban J connectivity index is 2.12. The van der Waals surface area contributed by atoms with Gasteiger partial charge in [-0.15, -0.1) is 5.10 Å². The average molecular weight is 208 g/mol. The molecule has 1 aromatic heterocycles. The van der Waals surface area contributed by atoms with E-state index in [1.165, 1.54) is 18.5 Å². The van der Waals surface area contributed by atoms with Crippen LogP contribution in [0.25, 0.3) is 0 Å². The molecule has 1 heterocycles. The van der Waals surface area contributed by atoms with Gasteiger partial charge in [0.1, 0.15) is 0 Å². The van der Waals surface area contributed by atoms with Gasteiger partial charge in [-0.3, -0.25) is 0 Å². The second-order valence-corrected chi connectivity index (χ2v) is 4.25. The van der Waals surface area contributed by atoms with Crippen molar-refractivity contribution in [1.82, 2.24) is 20.3 Å². The van der Waals surface area contributed by atoms with E-state index in [4.69, 9.17) is 0 Å². The largest absolute Gasteiger partial charge is 0.309 e. The van der Waals surface area contributed by atoms with Crippen LogP contribution in [0, 0.1) is 5.92 Å². The van der Waals surface area contributed by atoms with Gasteiger partial charge in [0.05, 0.1) is 17.9 Å². The zero-order valence-electron chi connectivity index (χ0n) is 9.61. The first kappa shape index (κ1) is 10.6. The minimum Gasteiger partial charge on any atom is -0.309 e. The van der Waals surface area contributed by atoms with Crippen LogP contribution in [0.2, 0.25) is 0 Å². The normalized spacial score (nSPS) is 18.0. The molecule has 0 radical (unpaired) electrons. The number of aromatic nitrogens is 3. The van der Waals surface area contributed by atoms with Gasteiger partial charge in [0.25, 0.3) is 0 Å². The number of nitrogens with zero attached hydrogens (tertiary/aromatic N) is 3. The van der Waals surface area contributed by atoms with Crippen LogP contribution in [0.3, 0.4) is 0 Å². The van der Waals surface area contributed by atoms with Gasteiger partial charge in [0.2, 0.25) is 0 Å². The van der Waals surface area contributed by atoms with Gasteiger partial charge < -0.3 is 5.32 Å². The minimum absolute atomic E-state index is 0.469. The SMILES string of the molecule is CCCn1nncc1C(NCC)C1CC1. The summed E-state index contributed by atoms with van der Waals surface area (Å²) in [5.74, 6) is 0.805. The zero-order valence-corrected chi connectivity index (χ0v) is 9.61. The van der Waals surface area contributed by atoms with Crippen LogP contribution in [-0.2, 0) is 6.54 Å². The molecule has 0 aromatic carbocycles. The van der Waals surface area contributed by atoms with Crippen molar-refractivity contribution < 1.29 is 0 Å². The topological polar surface area (TPSA) is 42.7 Å². The molecule has 0 amide bonds. The number of hydrogen-bond acceptors (Lipinski definition) is 3. The first-order valence-corrected chi connectivity index (χ1v) is 5.98. The minimum atomic E-state index is 0.469. The summed E-state index contributed by atoms with van der Waals surface area (Å²) in [6.07, 6.45) is 5.71. The molecular weight excluding hydrogens is 188 g/mol. The number of nitrogens with one attached hydrogen (secondary N) is 1. The van der Waals surface area contributed by atoms with Crippen molar-refractivity contribution in [3.63, 3.8) is 0 Å². The molecular formula is C11H20N4. The molecule has 0 aliphatic heterocycles. The summed E-state index contributed by atoms with van der Waals surface area (Å²) in [4.78, 5) is 0. The van der Waals surface area contributed by atoms with E-state index in [-0.39, 0.29) is 0 Å². The van der Waals surface area contributed by atoms with Crippen LogP contribution in [0.5, 0.6) is 0 Å². The summed E-state index contributed by atoms with van der Waals surface area (Å²) < 4.78 is 2.05. The lowest BCUT2D eigenvalue weighted by atomic mass is 10.1. The number of rotatable bonds is 6. The average Bonchev–Trinajstić information content (AvgIpc) is 2.97. The van der Waals surface area contributed by atoms with E-state index < -0.39 is 0 Å². The van der Waals surface area contributed by atoms with Crippen LogP contribution in [-0.4, -0.2) is 21.5 Å². The van der Waals surface area contributed by atoms with E-state index in [9.17, 15) is 0 Å². The molecule has 0 saturated heterocycles. The van der Waals surface area contributed by atoms with Crippen molar-refractivity contribution >= 4 is 0 Å². The third-order valence-electron chi connectivity index (χ3n) is 2.92. The molecule has 1 N–H and O–H groups in total. The lowest BCUT2D eigenvalue weighted by molar-refractivity contribution is 0.440. The van der Waals surface area contributed by atoms with Crippen molar-refractivity contribution in [2.24, 2.45) is 5.92 Å². The summed E-state index contributed by atoms with van der Waals surface area (Å²) in [7, 11) is 0. The molecule has 84 valence electrons. The van der Waals surface area contributed by atoms with Crippen LogP contribution in [0.4, 0.5) is 0 Å². The third kappa shape index (κ3) is 2.37. The highest BCUT2D eigenvalue weighted by Crippen LogP contribution is 2.40. The van der Waals surface area contributed by atoms with Crippen LogP contribution in [0.15, 0.2) is 6.20 Å². The molecule has 1 aliphatic carbocycles. The van der Waals surface area contributed by atoms with Gasteiger partial charge in [-0.2, -0.15) is 0 Å². The fourth-order valence-electron chi connectivity index (χ4n) is 2.05. The highest BCUT2D eigenvalue weighted by molar-refractivity contribution is 5.07. The second kappa shape index (κ2) is 4.75. The van der Waals surface area contributed by atoms with E-state index in [1.54, 1.807) is 0 Å². The first-order chi connectivity index (χ1) is 7.36. The number of hydrogen-bond donors (Lipinski definition) is 1. The molecule has 1 fully saturated rings. The smallest absolute Gasteiger partial charge is 0.0759 e. The third-order valence-corrected chi connectivity index (χ3v) is 2.92. The summed E-state index contributed by atoms with van der Waals surface area (Å²) in [5.41, 5.74) is 1.27. The monoisotopic (exact) mass is 208 g/mol. The fourth-order valence-corrected chi connectivity index (χ4v) is 2.05. The quantitative estimate of drug-likeness (QED) is 0.774. The fraction of sp³-hybridized carbons (Fsp3) is 0.818. The Morgan fingerprint density at radius 1 is 1.53 bits per heavy atom. The number of aryl methyl sites for hydroxylation is 1. The molecule has 15 heavy (non-hydrogen) atoms. The van der Waals surface area contributed by atoms with Gasteiger partial charge in [-0.25, -0.2) is 4.68 Å². The Bertz CT molecular complexity index is 303. The van der Waals surface area contributed by atoms with E-state index in [1.807, 2.05) is 10.9 Å². The standard InChI is InChI=1S/C11H20N4/c1-3-7-15-10(8-13-14-15)11(12-4-2)9-5-6-9/h8-9,11-12H,3-7H2,1-2H3. The summed E-state index contributed by atoms with van der Waals surface area (Å²) in [6.45, 7) is 6.32. The van der Waals surface area contributed by atoms with E-state index in [2.05, 4.69) is 29.5 Å². The predicted molar refractivity (Wildman–Crippen MR) is 59.5 cm³/mol. The molecule has 1 aliphatic rings. The summed E-state index contributed by atoms with van der Waals surface area (Å²) in [6, 6.07) is 0.469. The van der Waals surface area contributed by atoms with Crippen LogP contribution < -0.4 is 5.32 Å². The molecule has 1 saturated carbocycles. The lowest BCUT2D eigenvalue weighted by Gasteiger charge is -2.17. The van der Waals surface area contributed by atoms with Gasteiger partial charge >= 0.3 is 0 Å². The highest BCUT2D eigenvalue weighted by atomic mass is 15.4. The molecule has 4 heteroatoms. The summed E-state index contributed by atoms with van der Waals surface area (Å²) >= 11 is 0. The molecule has 4 nitrogen and oxygen atoms in total. The van der Waals surface area contributed by atoms with Crippen molar-refractivity contribution in [3.05, 3.63) is 11.9 Å². The predicted octanol–water partition coefficient (Wildman–Crippen LogP) is 1.75. The molecule has 1 atom stereocenters. The second-order valence-electron chi connectivity index (χ2n) is 4.25. The first-order valence-electron chi connectivity index (χ1n) is 5.98. The van der Waals surface area contributed by atoms with Crippen molar-refractivity contribution in [2.75, 3.05) is 6.54 Å². The van der Waals surface area contributed by atoms with Crippen molar-refractivity contribution in [2.45, 2.75) is 45.7 Å². The Labute approximate surface area is 91.1 Å². The Hall–Kier alpha value is -0.900. The Morgan fingerprint density at radius 3 is 2.93 bits per heavy atom. The highest BCUT2D eigenvalue weighted by Gasteiger charge is 2.33. The van der Waals surface area contributed by atoms with E-state index in [0.29, 0.717) is 6.04 Å². The molecule has 1 aromatic rings. The van der Waals surface area contributed by atoms with Crippen molar-refractivity contribution in [3.8, 4) is 0 Å². The van der Waals surface area contributed by atoms with Crippen LogP contribution in [0.1, 0.15) is 44.8 Å². The molecule has 2 rings (SSSR count). The Kier molecular flexibility index (Phi) is 3.36. The van der Waals surface area contributed by atoms with Gasteiger partial charge in [0.15, 0.2) is 0 Å². The van der Waals surface area contributed by atoms with E-state index in [0.717, 1.165) is 25.4 Å². The van der Waals surface area contributed by atoms with E-state index >= 15 is 0 Å². The van der Waals surface area contributed by atoms with Crippen LogP contribution >= 0.6 is 0 Å². The Morgan fingerprint density at radius 2 is 2.33 bits per heavy atom. The lowest BCUT2D eigenvalue weighted by Crippen LogP contribution is -2.25. The molecule has 1 unspecified atom stereocenters. The molecule has 0 spiro atoms. The maximum atomic E-state index is 4.15. The maximum absolute atomic E-state index is 4.15.